The molecule has 0 aliphatic rings. The molecule has 1 aromatic carbocycles. The van der Waals surface area contributed by atoms with Gasteiger partial charge < -0.3 is 10.5 Å². The smallest absolute Gasteiger partial charge is 0.426 e. The van der Waals surface area contributed by atoms with Crippen molar-refractivity contribution < 1.29 is 26.7 Å². The molecule has 2 N–H and O–H groups in total. The van der Waals surface area contributed by atoms with Crippen LogP contribution in [0.3, 0.4) is 0 Å². The Kier molecular flexibility index (Phi) is 3.92. The minimum Gasteiger partial charge on any atom is -0.476 e. The molecule has 0 saturated carbocycles. The molecule has 0 saturated heterocycles. The molecule has 0 aliphatic carbocycles. The van der Waals surface area contributed by atoms with Crippen LogP contribution in [0.5, 0.6) is 5.75 Å². The molecule has 1 aromatic rings. The average Bonchev–Trinajstić information content (AvgIpc) is 2.17. The summed E-state index contributed by atoms with van der Waals surface area (Å²) in [7, 11) is 0. The standard InChI is InChI=1S/C10H10F5NO/c1-5(16)9(10(13,14)15)17-8-4-6(11)2-3-7(8)12/h2-5,9H,16H2,1H3. The Morgan fingerprint density at radius 1 is 1.24 bits per heavy atom. The topological polar surface area (TPSA) is 35.2 Å². The maximum Gasteiger partial charge on any atom is 0.426 e. The van der Waals surface area contributed by atoms with Crippen LogP contribution in [0.15, 0.2) is 18.2 Å². The quantitative estimate of drug-likeness (QED) is 0.842. The van der Waals surface area contributed by atoms with Gasteiger partial charge in [0.15, 0.2) is 11.6 Å². The predicted molar refractivity (Wildman–Crippen MR) is 50.5 cm³/mol. The van der Waals surface area contributed by atoms with E-state index in [1.165, 1.54) is 0 Å². The summed E-state index contributed by atoms with van der Waals surface area (Å²) in [5.41, 5.74) is 5.10. The van der Waals surface area contributed by atoms with Gasteiger partial charge in [0.25, 0.3) is 0 Å². The lowest BCUT2D eigenvalue weighted by molar-refractivity contribution is -0.199. The Morgan fingerprint density at radius 3 is 2.29 bits per heavy atom. The van der Waals surface area contributed by atoms with Crippen molar-refractivity contribution in [3.8, 4) is 5.75 Å². The molecule has 0 aliphatic heterocycles. The van der Waals surface area contributed by atoms with E-state index in [2.05, 4.69) is 4.74 Å². The van der Waals surface area contributed by atoms with Crippen molar-refractivity contribution in [2.45, 2.75) is 25.2 Å². The Balaban J connectivity index is 2.98. The molecule has 0 amide bonds. The summed E-state index contributed by atoms with van der Waals surface area (Å²) in [5, 5.41) is 0. The number of nitrogens with two attached hydrogens (primary N) is 1. The minimum absolute atomic E-state index is 0.538. The van der Waals surface area contributed by atoms with Crippen molar-refractivity contribution in [3.63, 3.8) is 0 Å². The highest BCUT2D eigenvalue weighted by atomic mass is 19.4. The van der Waals surface area contributed by atoms with Crippen LogP contribution < -0.4 is 10.5 Å². The fourth-order valence-corrected chi connectivity index (χ4v) is 1.18. The molecule has 0 bridgehead atoms. The molecular weight excluding hydrogens is 245 g/mol. The van der Waals surface area contributed by atoms with Crippen LogP contribution in [0.25, 0.3) is 0 Å². The zero-order valence-electron chi connectivity index (χ0n) is 8.76. The Bertz CT molecular complexity index is 391. The van der Waals surface area contributed by atoms with Gasteiger partial charge in [-0.25, -0.2) is 8.78 Å². The predicted octanol–water partition coefficient (Wildman–Crippen LogP) is 2.62. The highest BCUT2D eigenvalue weighted by Crippen LogP contribution is 2.28. The Hall–Kier alpha value is -1.37. The summed E-state index contributed by atoms with van der Waals surface area (Å²) in [4.78, 5) is 0. The monoisotopic (exact) mass is 255 g/mol. The largest absolute Gasteiger partial charge is 0.476 e. The number of hydrogen-bond acceptors (Lipinski definition) is 2. The minimum atomic E-state index is -4.76. The van der Waals surface area contributed by atoms with Crippen LogP contribution >= 0.6 is 0 Å². The number of benzene rings is 1. The molecule has 2 unspecified atom stereocenters. The summed E-state index contributed by atoms with van der Waals surface area (Å²) in [6, 6.07) is 0.588. The van der Waals surface area contributed by atoms with Crippen molar-refractivity contribution in [2.24, 2.45) is 5.73 Å². The average molecular weight is 255 g/mol. The fraction of sp³-hybridized carbons (Fsp3) is 0.400. The van der Waals surface area contributed by atoms with E-state index in [0.29, 0.717) is 12.1 Å². The molecule has 7 heteroatoms. The summed E-state index contributed by atoms with van der Waals surface area (Å²) in [5.74, 6) is -2.79. The van der Waals surface area contributed by atoms with Crippen molar-refractivity contribution in [1.29, 1.82) is 0 Å². The summed E-state index contributed by atoms with van der Waals surface area (Å²) < 4.78 is 67.6. The number of ether oxygens (including phenoxy) is 1. The number of alkyl halides is 3. The second-order valence-corrected chi connectivity index (χ2v) is 3.51. The maximum absolute atomic E-state index is 13.1. The lowest BCUT2D eigenvalue weighted by atomic mass is 10.2. The third kappa shape index (κ3) is 3.55. The molecule has 0 radical (unpaired) electrons. The summed E-state index contributed by atoms with van der Waals surface area (Å²) in [6.07, 6.45) is -7.15. The van der Waals surface area contributed by atoms with E-state index in [1.807, 2.05) is 0 Å². The Labute approximate surface area is 94.2 Å². The molecule has 0 fully saturated rings. The van der Waals surface area contributed by atoms with Crippen molar-refractivity contribution >= 4 is 0 Å². The van der Waals surface area contributed by atoms with E-state index >= 15 is 0 Å². The zero-order valence-corrected chi connectivity index (χ0v) is 8.76. The number of halogens is 5. The van der Waals surface area contributed by atoms with Crippen molar-refractivity contribution in [1.82, 2.24) is 0 Å². The van der Waals surface area contributed by atoms with Crippen molar-refractivity contribution in [3.05, 3.63) is 29.8 Å². The molecular formula is C10H10F5NO. The summed E-state index contributed by atoms with van der Waals surface area (Å²) in [6.45, 7) is 1.06. The van der Waals surface area contributed by atoms with Crippen LogP contribution in [0.1, 0.15) is 6.92 Å². The van der Waals surface area contributed by atoms with E-state index in [-0.39, 0.29) is 0 Å². The maximum atomic E-state index is 13.1. The van der Waals surface area contributed by atoms with Crippen LogP contribution in [0.2, 0.25) is 0 Å². The van der Waals surface area contributed by atoms with Gasteiger partial charge in [0.05, 0.1) is 0 Å². The molecule has 0 heterocycles. The highest BCUT2D eigenvalue weighted by molar-refractivity contribution is 5.25. The van der Waals surface area contributed by atoms with E-state index in [0.717, 1.165) is 13.0 Å². The lowest BCUT2D eigenvalue weighted by Gasteiger charge is -2.24. The van der Waals surface area contributed by atoms with E-state index < -0.39 is 35.7 Å². The molecule has 2 atom stereocenters. The zero-order chi connectivity index (χ0) is 13.2. The van der Waals surface area contributed by atoms with Gasteiger partial charge >= 0.3 is 6.18 Å². The van der Waals surface area contributed by atoms with Gasteiger partial charge in [-0.3, -0.25) is 0 Å². The second-order valence-electron chi connectivity index (χ2n) is 3.51. The van der Waals surface area contributed by atoms with Gasteiger partial charge in [-0.1, -0.05) is 0 Å². The SMILES string of the molecule is CC(N)C(Oc1cc(F)ccc1F)C(F)(F)F. The summed E-state index contributed by atoms with van der Waals surface area (Å²) >= 11 is 0. The molecule has 0 aromatic heterocycles. The third-order valence-corrected chi connectivity index (χ3v) is 1.95. The van der Waals surface area contributed by atoms with Gasteiger partial charge in [0.2, 0.25) is 6.10 Å². The first-order valence-corrected chi connectivity index (χ1v) is 4.66. The lowest BCUT2D eigenvalue weighted by Crippen LogP contribution is -2.47. The fourth-order valence-electron chi connectivity index (χ4n) is 1.18. The van der Waals surface area contributed by atoms with Crippen LogP contribution in [-0.4, -0.2) is 18.3 Å². The molecule has 0 spiro atoms. The molecule has 2 nitrogen and oxygen atoms in total. The molecule has 96 valence electrons. The van der Waals surface area contributed by atoms with E-state index in [1.54, 1.807) is 0 Å². The third-order valence-electron chi connectivity index (χ3n) is 1.95. The molecule has 17 heavy (non-hydrogen) atoms. The van der Waals surface area contributed by atoms with Gasteiger partial charge in [0.1, 0.15) is 5.82 Å². The first kappa shape index (κ1) is 13.7. The van der Waals surface area contributed by atoms with Gasteiger partial charge in [-0.2, -0.15) is 13.2 Å². The van der Waals surface area contributed by atoms with Crippen LogP contribution in [0.4, 0.5) is 22.0 Å². The van der Waals surface area contributed by atoms with Crippen molar-refractivity contribution in [2.75, 3.05) is 0 Å². The first-order valence-electron chi connectivity index (χ1n) is 4.66. The van der Waals surface area contributed by atoms with E-state index in [4.69, 9.17) is 5.73 Å². The van der Waals surface area contributed by atoms with Gasteiger partial charge in [-0.15, -0.1) is 0 Å². The number of rotatable bonds is 3. The molecule has 1 rings (SSSR count). The Morgan fingerprint density at radius 2 is 1.82 bits per heavy atom. The van der Waals surface area contributed by atoms with Crippen LogP contribution in [-0.2, 0) is 0 Å². The van der Waals surface area contributed by atoms with Gasteiger partial charge in [0, 0.05) is 12.1 Å². The van der Waals surface area contributed by atoms with E-state index in [9.17, 15) is 22.0 Å². The highest BCUT2D eigenvalue weighted by Gasteiger charge is 2.44. The van der Waals surface area contributed by atoms with Crippen LogP contribution in [0, 0.1) is 11.6 Å². The van der Waals surface area contributed by atoms with Gasteiger partial charge in [-0.05, 0) is 19.1 Å². The number of hydrogen-bond donors (Lipinski definition) is 1. The normalized spacial score (nSPS) is 15.5. The first-order chi connectivity index (χ1) is 7.71. The second kappa shape index (κ2) is 4.87.